The van der Waals surface area contributed by atoms with Crippen LogP contribution >= 0.6 is 0 Å². The summed E-state index contributed by atoms with van der Waals surface area (Å²) in [7, 11) is 0. The highest BCUT2D eigenvalue weighted by molar-refractivity contribution is 5.28. The molecular formula is C11H8F2O2. The number of aliphatic hydroxyl groups is 1. The molecule has 0 aliphatic rings. The first-order valence-electron chi connectivity index (χ1n) is 4.33. The molecule has 0 spiro atoms. The SMILES string of the molecule is OC(c1ccoc1)c1cc(F)ccc1F. The fraction of sp³-hybridized carbons (Fsp3) is 0.0909. The summed E-state index contributed by atoms with van der Waals surface area (Å²) in [6.45, 7) is 0. The summed E-state index contributed by atoms with van der Waals surface area (Å²) in [6.07, 6.45) is 1.43. The van der Waals surface area contributed by atoms with E-state index in [0.717, 1.165) is 18.2 Å². The summed E-state index contributed by atoms with van der Waals surface area (Å²) in [6, 6.07) is 4.44. The maximum Gasteiger partial charge on any atom is 0.129 e. The number of benzene rings is 1. The molecular weight excluding hydrogens is 202 g/mol. The van der Waals surface area contributed by atoms with E-state index in [9.17, 15) is 13.9 Å². The summed E-state index contributed by atoms with van der Waals surface area (Å²) in [5, 5.41) is 9.72. The summed E-state index contributed by atoms with van der Waals surface area (Å²) < 4.78 is 30.9. The molecule has 15 heavy (non-hydrogen) atoms. The Morgan fingerprint density at radius 1 is 1.20 bits per heavy atom. The number of halogens is 2. The number of aliphatic hydroxyl groups excluding tert-OH is 1. The standard InChI is InChI=1S/C11H8F2O2/c12-8-1-2-10(13)9(5-8)11(14)7-3-4-15-6-7/h1-6,11,14H. The smallest absolute Gasteiger partial charge is 0.129 e. The van der Waals surface area contributed by atoms with Crippen molar-refractivity contribution in [2.75, 3.05) is 0 Å². The Labute approximate surface area is 84.8 Å². The molecule has 1 N–H and O–H groups in total. The number of rotatable bonds is 2. The molecule has 0 radical (unpaired) electrons. The van der Waals surface area contributed by atoms with Crippen LogP contribution in [0.1, 0.15) is 17.2 Å². The van der Waals surface area contributed by atoms with Gasteiger partial charge in [0.05, 0.1) is 12.5 Å². The van der Waals surface area contributed by atoms with E-state index in [1.807, 2.05) is 0 Å². The fourth-order valence-corrected chi connectivity index (χ4v) is 1.33. The van der Waals surface area contributed by atoms with Gasteiger partial charge in [-0.2, -0.15) is 0 Å². The van der Waals surface area contributed by atoms with Crippen molar-refractivity contribution in [1.82, 2.24) is 0 Å². The number of hydrogen-bond acceptors (Lipinski definition) is 2. The minimum Gasteiger partial charge on any atom is -0.472 e. The lowest BCUT2D eigenvalue weighted by atomic mass is 10.0. The molecule has 1 unspecified atom stereocenters. The van der Waals surface area contributed by atoms with Gasteiger partial charge in [-0.25, -0.2) is 8.78 Å². The third-order valence-electron chi connectivity index (χ3n) is 2.11. The van der Waals surface area contributed by atoms with Crippen LogP contribution in [0.25, 0.3) is 0 Å². The Hall–Kier alpha value is -1.68. The van der Waals surface area contributed by atoms with Crippen LogP contribution in [0.4, 0.5) is 8.78 Å². The Balaban J connectivity index is 2.41. The van der Waals surface area contributed by atoms with Crippen molar-refractivity contribution < 1.29 is 18.3 Å². The molecule has 1 aromatic heterocycles. The van der Waals surface area contributed by atoms with Crippen LogP contribution in [-0.4, -0.2) is 5.11 Å². The van der Waals surface area contributed by atoms with E-state index >= 15 is 0 Å². The Bertz CT molecular complexity index is 452. The van der Waals surface area contributed by atoms with Gasteiger partial charge < -0.3 is 9.52 Å². The zero-order chi connectivity index (χ0) is 10.8. The van der Waals surface area contributed by atoms with Gasteiger partial charge in [0.1, 0.15) is 17.7 Å². The van der Waals surface area contributed by atoms with Gasteiger partial charge in [-0.1, -0.05) is 0 Å². The normalized spacial score (nSPS) is 12.7. The zero-order valence-electron chi connectivity index (χ0n) is 7.65. The van der Waals surface area contributed by atoms with Crippen molar-refractivity contribution in [3.8, 4) is 0 Å². The minimum absolute atomic E-state index is 0.101. The van der Waals surface area contributed by atoms with Gasteiger partial charge in [-0.15, -0.1) is 0 Å². The van der Waals surface area contributed by atoms with E-state index in [0.29, 0.717) is 5.56 Å². The molecule has 0 fully saturated rings. The lowest BCUT2D eigenvalue weighted by Gasteiger charge is -2.09. The van der Waals surface area contributed by atoms with Crippen LogP contribution in [0.15, 0.2) is 41.2 Å². The maximum absolute atomic E-state index is 13.3. The van der Waals surface area contributed by atoms with Gasteiger partial charge in [-0.05, 0) is 24.3 Å². The van der Waals surface area contributed by atoms with Gasteiger partial charge in [0.15, 0.2) is 0 Å². The predicted octanol–water partition coefficient (Wildman–Crippen LogP) is 2.64. The van der Waals surface area contributed by atoms with Crippen molar-refractivity contribution in [2.24, 2.45) is 0 Å². The number of furan rings is 1. The van der Waals surface area contributed by atoms with Crippen molar-refractivity contribution in [3.05, 3.63) is 59.6 Å². The van der Waals surface area contributed by atoms with Crippen molar-refractivity contribution in [1.29, 1.82) is 0 Å². The molecule has 0 saturated heterocycles. The predicted molar refractivity (Wildman–Crippen MR) is 49.1 cm³/mol. The highest BCUT2D eigenvalue weighted by Crippen LogP contribution is 2.25. The van der Waals surface area contributed by atoms with Gasteiger partial charge in [0.2, 0.25) is 0 Å². The zero-order valence-corrected chi connectivity index (χ0v) is 7.65. The van der Waals surface area contributed by atoms with E-state index in [1.54, 1.807) is 0 Å². The Morgan fingerprint density at radius 3 is 2.67 bits per heavy atom. The lowest BCUT2D eigenvalue weighted by molar-refractivity contribution is 0.213. The van der Waals surface area contributed by atoms with Gasteiger partial charge in [-0.3, -0.25) is 0 Å². The molecule has 78 valence electrons. The second-order valence-corrected chi connectivity index (χ2v) is 3.13. The molecule has 2 nitrogen and oxygen atoms in total. The third kappa shape index (κ3) is 1.89. The minimum atomic E-state index is -1.21. The first-order valence-corrected chi connectivity index (χ1v) is 4.33. The quantitative estimate of drug-likeness (QED) is 0.826. The van der Waals surface area contributed by atoms with Gasteiger partial charge in [0, 0.05) is 11.1 Å². The largest absolute Gasteiger partial charge is 0.472 e. The highest BCUT2D eigenvalue weighted by atomic mass is 19.1. The van der Waals surface area contributed by atoms with E-state index in [1.165, 1.54) is 18.6 Å². The monoisotopic (exact) mass is 210 g/mol. The summed E-state index contributed by atoms with van der Waals surface area (Å²) in [5.41, 5.74) is 0.288. The van der Waals surface area contributed by atoms with Crippen molar-refractivity contribution >= 4 is 0 Å². The van der Waals surface area contributed by atoms with Crippen molar-refractivity contribution in [2.45, 2.75) is 6.10 Å². The molecule has 0 aliphatic heterocycles. The van der Waals surface area contributed by atoms with Crippen LogP contribution in [0, 0.1) is 11.6 Å². The summed E-state index contributed by atoms with van der Waals surface area (Å²) in [4.78, 5) is 0. The average molecular weight is 210 g/mol. The van der Waals surface area contributed by atoms with Crippen LogP contribution in [0.2, 0.25) is 0 Å². The van der Waals surface area contributed by atoms with Crippen LogP contribution in [0.3, 0.4) is 0 Å². The van der Waals surface area contributed by atoms with Crippen molar-refractivity contribution in [3.63, 3.8) is 0 Å². The van der Waals surface area contributed by atoms with E-state index < -0.39 is 17.7 Å². The highest BCUT2D eigenvalue weighted by Gasteiger charge is 2.16. The molecule has 1 heterocycles. The van der Waals surface area contributed by atoms with E-state index in [4.69, 9.17) is 4.42 Å². The molecule has 2 rings (SSSR count). The second-order valence-electron chi connectivity index (χ2n) is 3.13. The first kappa shape index (κ1) is 9.86. The fourth-order valence-electron chi connectivity index (χ4n) is 1.33. The lowest BCUT2D eigenvalue weighted by Crippen LogP contribution is -2.01. The number of hydrogen-bond donors (Lipinski definition) is 1. The first-order chi connectivity index (χ1) is 7.18. The van der Waals surface area contributed by atoms with Crippen LogP contribution in [-0.2, 0) is 0 Å². The second kappa shape index (κ2) is 3.82. The summed E-state index contributed by atoms with van der Waals surface area (Å²) in [5.74, 6) is -1.24. The molecule has 0 amide bonds. The average Bonchev–Trinajstić information content (AvgIpc) is 2.74. The molecule has 2 aromatic rings. The van der Waals surface area contributed by atoms with Crippen LogP contribution in [0.5, 0.6) is 0 Å². The maximum atomic E-state index is 13.3. The molecule has 1 atom stereocenters. The van der Waals surface area contributed by atoms with Crippen LogP contribution < -0.4 is 0 Å². The topological polar surface area (TPSA) is 33.4 Å². The van der Waals surface area contributed by atoms with E-state index in [-0.39, 0.29) is 5.56 Å². The third-order valence-corrected chi connectivity index (χ3v) is 2.11. The van der Waals surface area contributed by atoms with E-state index in [2.05, 4.69) is 0 Å². The Kier molecular flexibility index (Phi) is 2.51. The van der Waals surface area contributed by atoms with Gasteiger partial charge >= 0.3 is 0 Å². The van der Waals surface area contributed by atoms with Gasteiger partial charge in [0.25, 0.3) is 0 Å². The molecule has 0 saturated carbocycles. The molecule has 0 aliphatic carbocycles. The molecule has 1 aromatic carbocycles. The Morgan fingerprint density at radius 2 is 2.00 bits per heavy atom. The molecule has 0 bridgehead atoms. The molecule has 4 heteroatoms. The summed E-state index contributed by atoms with van der Waals surface area (Å²) >= 11 is 0.